The van der Waals surface area contributed by atoms with Crippen LogP contribution in [0.4, 0.5) is 0 Å². The van der Waals surface area contributed by atoms with Crippen LogP contribution in [0, 0.1) is 6.92 Å². The van der Waals surface area contributed by atoms with Crippen molar-refractivity contribution in [1.82, 2.24) is 4.98 Å². The smallest absolute Gasteiger partial charge is 0.0847 e. The molecule has 0 aliphatic carbocycles. The number of halogens is 1. The minimum absolute atomic E-state index is 0.540. The van der Waals surface area contributed by atoms with Gasteiger partial charge in [0.05, 0.1) is 6.10 Å². The summed E-state index contributed by atoms with van der Waals surface area (Å²) in [6, 6.07) is 9.45. The molecule has 1 N–H and O–H groups in total. The fourth-order valence-electron chi connectivity index (χ4n) is 1.82. The number of hydrogen-bond donors (Lipinski definition) is 1. The van der Waals surface area contributed by atoms with Crippen LogP contribution in [0.15, 0.2) is 42.7 Å². The second-order valence-electron chi connectivity index (χ2n) is 4.08. The number of benzene rings is 1. The average Bonchev–Trinajstić information content (AvgIpc) is 2.29. The summed E-state index contributed by atoms with van der Waals surface area (Å²) in [5.41, 5.74) is 2.94. The molecule has 3 heteroatoms. The van der Waals surface area contributed by atoms with Crippen molar-refractivity contribution in [2.45, 2.75) is 19.4 Å². The SMILES string of the molecule is Cc1ccncc1C(O)Cc1cccc(Cl)c1. The summed E-state index contributed by atoms with van der Waals surface area (Å²) in [6.07, 6.45) is 3.45. The number of aliphatic hydroxyl groups excluding tert-OH is 1. The zero-order valence-corrected chi connectivity index (χ0v) is 10.4. The van der Waals surface area contributed by atoms with E-state index in [2.05, 4.69) is 4.98 Å². The third kappa shape index (κ3) is 3.05. The maximum Gasteiger partial charge on any atom is 0.0847 e. The Morgan fingerprint density at radius 1 is 1.35 bits per heavy atom. The van der Waals surface area contributed by atoms with Gasteiger partial charge in [0.1, 0.15) is 0 Å². The van der Waals surface area contributed by atoms with Gasteiger partial charge in [-0.15, -0.1) is 0 Å². The number of aliphatic hydroxyl groups is 1. The molecular weight excluding hydrogens is 234 g/mol. The van der Waals surface area contributed by atoms with Crippen molar-refractivity contribution in [2.75, 3.05) is 0 Å². The van der Waals surface area contributed by atoms with Crippen LogP contribution in [0.25, 0.3) is 0 Å². The first kappa shape index (κ1) is 12.1. The molecule has 1 unspecified atom stereocenters. The largest absolute Gasteiger partial charge is 0.388 e. The number of nitrogens with zero attached hydrogens (tertiary/aromatic N) is 1. The standard InChI is InChI=1S/C14H14ClNO/c1-10-5-6-16-9-13(10)14(17)8-11-3-2-4-12(15)7-11/h2-7,9,14,17H,8H2,1H3. The van der Waals surface area contributed by atoms with Gasteiger partial charge in [0.15, 0.2) is 0 Å². The first-order chi connectivity index (χ1) is 8.16. The molecule has 2 nitrogen and oxygen atoms in total. The van der Waals surface area contributed by atoms with E-state index in [1.165, 1.54) is 0 Å². The van der Waals surface area contributed by atoms with E-state index in [1.54, 1.807) is 12.4 Å². The molecule has 0 fully saturated rings. The Morgan fingerprint density at radius 2 is 2.18 bits per heavy atom. The molecule has 0 aliphatic heterocycles. The van der Waals surface area contributed by atoms with E-state index < -0.39 is 6.10 Å². The van der Waals surface area contributed by atoms with Gasteiger partial charge in [-0.3, -0.25) is 4.98 Å². The third-order valence-electron chi connectivity index (χ3n) is 2.76. The number of aryl methyl sites for hydroxylation is 1. The van der Waals surface area contributed by atoms with Crippen molar-refractivity contribution >= 4 is 11.6 Å². The molecule has 88 valence electrons. The summed E-state index contributed by atoms with van der Waals surface area (Å²) in [5.74, 6) is 0. The predicted octanol–water partition coefficient (Wildman–Crippen LogP) is 3.32. The summed E-state index contributed by atoms with van der Waals surface area (Å²) in [4.78, 5) is 4.04. The van der Waals surface area contributed by atoms with Gasteiger partial charge in [0.25, 0.3) is 0 Å². The van der Waals surface area contributed by atoms with E-state index in [4.69, 9.17) is 11.6 Å². The van der Waals surface area contributed by atoms with Gasteiger partial charge in [0, 0.05) is 29.4 Å². The lowest BCUT2D eigenvalue weighted by molar-refractivity contribution is 0.177. The molecule has 0 bridgehead atoms. The Labute approximate surface area is 106 Å². The molecule has 1 aromatic carbocycles. The first-order valence-electron chi connectivity index (χ1n) is 5.50. The molecule has 2 rings (SSSR count). The minimum atomic E-state index is -0.540. The molecule has 0 aliphatic rings. The molecular formula is C14H14ClNO. The van der Waals surface area contributed by atoms with Crippen molar-refractivity contribution in [3.8, 4) is 0 Å². The molecule has 0 saturated heterocycles. The van der Waals surface area contributed by atoms with Crippen LogP contribution in [-0.4, -0.2) is 10.1 Å². The topological polar surface area (TPSA) is 33.1 Å². The molecule has 1 heterocycles. The number of hydrogen-bond acceptors (Lipinski definition) is 2. The average molecular weight is 248 g/mol. The van der Waals surface area contributed by atoms with Gasteiger partial charge in [-0.25, -0.2) is 0 Å². The third-order valence-corrected chi connectivity index (χ3v) is 2.99. The lowest BCUT2D eigenvalue weighted by atomic mass is 10.00. The van der Waals surface area contributed by atoms with E-state index in [0.29, 0.717) is 11.4 Å². The van der Waals surface area contributed by atoms with Gasteiger partial charge in [-0.05, 0) is 36.2 Å². The van der Waals surface area contributed by atoms with Crippen molar-refractivity contribution in [2.24, 2.45) is 0 Å². The van der Waals surface area contributed by atoms with Crippen LogP contribution < -0.4 is 0 Å². The van der Waals surface area contributed by atoms with E-state index in [1.807, 2.05) is 37.3 Å². The van der Waals surface area contributed by atoms with Crippen LogP contribution in [0.3, 0.4) is 0 Å². The van der Waals surface area contributed by atoms with Crippen molar-refractivity contribution in [1.29, 1.82) is 0 Å². The Balaban J connectivity index is 2.17. The quantitative estimate of drug-likeness (QED) is 0.903. The number of aromatic nitrogens is 1. The van der Waals surface area contributed by atoms with Crippen molar-refractivity contribution in [3.63, 3.8) is 0 Å². The highest BCUT2D eigenvalue weighted by atomic mass is 35.5. The normalized spacial score (nSPS) is 12.4. The van der Waals surface area contributed by atoms with Gasteiger partial charge in [-0.1, -0.05) is 23.7 Å². The highest BCUT2D eigenvalue weighted by Gasteiger charge is 2.11. The Morgan fingerprint density at radius 3 is 2.88 bits per heavy atom. The van der Waals surface area contributed by atoms with E-state index in [-0.39, 0.29) is 0 Å². The lowest BCUT2D eigenvalue weighted by Crippen LogP contribution is -2.04. The molecule has 0 radical (unpaired) electrons. The van der Waals surface area contributed by atoms with Crippen LogP contribution in [0.1, 0.15) is 22.8 Å². The van der Waals surface area contributed by atoms with Crippen molar-refractivity contribution < 1.29 is 5.11 Å². The Bertz CT molecular complexity index is 513. The van der Waals surface area contributed by atoms with Gasteiger partial charge >= 0.3 is 0 Å². The van der Waals surface area contributed by atoms with Gasteiger partial charge < -0.3 is 5.11 Å². The van der Waals surface area contributed by atoms with Crippen molar-refractivity contribution in [3.05, 3.63) is 64.4 Å². The zero-order chi connectivity index (χ0) is 12.3. The molecule has 0 saturated carbocycles. The highest BCUT2D eigenvalue weighted by Crippen LogP contribution is 2.21. The lowest BCUT2D eigenvalue weighted by Gasteiger charge is -2.13. The Kier molecular flexibility index (Phi) is 3.77. The maximum absolute atomic E-state index is 10.2. The number of pyridine rings is 1. The minimum Gasteiger partial charge on any atom is -0.388 e. The molecule has 0 amide bonds. The second kappa shape index (κ2) is 5.30. The van der Waals surface area contributed by atoms with Crippen LogP contribution in [0.2, 0.25) is 5.02 Å². The second-order valence-corrected chi connectivity index (χ2v) is 4.52. The molecule has 17 heavy (non-hydrogen) atoms. The monoisotopic (exact) mass is 247 g/mol. The van der Waals surface area contributed by atoms with Crippen LogP contribution in [0.5, 0.6) is 0 Å². The summed E-state index contributed by atoms with van der Waals surface area (Å²) < 4.78 is 0. The zero-order valence-electron chi connectivity index (χ0n) is 9.60. The van der Waals surface area contributed by atoms with E-state index in [0.717, 1.165) is 16.7 Å². The molecule has 1 atom stereocenters. The fraction of sp³-hybridized carbons (Fsp3) is 0.214. The molecule has 0 spiro atoms. The Hall–Kier alpha value is -1.38. The van der Waals surface area contributed by atoms with E-state index in [9.17, 15) is 5.11 Å². The van der Waals surface area contributed by atoms with Gasteiger partial charge in [-0.2, -0.15) is 0 Å². The number of rotatable bonds is 3. The van der Waals surface area contributed by atoms with Crippen LogP contribution >= 0.6 is 11.6 Å². The summed E-state index contributed by atoms with van der Waals surface area (Å²) in [7, 11) is 0. The molecule has 1 aromatic heterocycles. The summed E-state index contributed by atoms with van der Waals surface area (Å²) in [6.45, 7) is 1.97. The van der Waals surface area contributed by atoms with Gasteiger partial charge in [0.2, 0.25) is 0 Å². The highest BCUT2D eigenvalue weighted by molar-refractivity contribution is 6.30. The fourth-order valence-corrected chi connectivity index (χ4v) is 2.04. The molecule has 2 aromatic rings. The summed E-state index contributed by atoms with van der Waals surface area (Å²) in [5, 5.41) is 10.9. The first-order valence-corrected chi connectivity index (χ1v) is 5.87. The van der Waals surface area contributed by atoms with Crippen LogP contribution in [-0.2, 0) is 6.42 Å². The maximum atomic E-state index is 10.2. The summed E-state index contributed by atoms with van der Waals surface area (Å²) >= 11 is 5.91. The van der Waals surface area contributed by atoms with E-state index >= 15 is 0 Å². The predicted molar refractivity (Wildman–Crippen MR) is 69.1 cm³/mol.